The van der Waals surface area contributed by atoms with Crippen LogP contribution in [0.3, 0.4) is 0 Å². The zero-order valence-corrected chi connectivity index (χ0v) is 59.6. The van der Waals surface area contributed by atoms with Gasteiger partial charge in [-0.05, 0) is 50.9 Å². The van der Waals surface area contributed by atoms with E-state index in [1.165, 1.54) is 11.8 Å². The van der Waals surface area contributed by atoms with Crippen molar-refractivity contribution in [1.82, 2.24) is 31.5 Å². The largest absolute Gasteiger partial charge is 0.394 e. The lowest BCUT2D eigenvalue weighted by Gasteiger charge is -2.42. The van der Waals surface area contributed by atoms with Gasteiger partial charge in [-0.2, -0.15) is 0 Å². The minimum atomic E-state index is -3.99. The Morgan fingerprint density at radius 2 is 0.919 bits per heavy atom. The van der Waals surface area contributed by atoms with Crippen LogP contribution in [0.4, 0.5) is 0 Å². The highest BCUT2D eigenvalue weighted by Gasteiger charge is 2.47. The molecule has 0 aliphatic carbocycles. The smallest absolute Gasteiger partial charge is 0.330 e. The van der Waals surface area contributed by atoms with Gasteiger partial charge in [-0.3, -0.25) is 33.3 Å². The molecule has 7 unspecified atom stereocenters. The van der Waals surface area contributed by atoms with Crippen LogP contribution >= 0.6 is 7.60 Å². The van der Waals surface area contributed by atoms with Crippen molar-refractivity contribution in [2.45, 2.75) is 248 Å². The minimum Gasteiger partial charge on any atom is -0.394 e. The third kappa shape index (κ3) is 31.2. The van der Waals surface area contributed by atoms with Crippen LogP contribution in [0, 0.1) is 17.8 Å². The number of aliphatic hydroxyl groups is 9. The van der Waals surface area contributed by atoms with E-state index in [1.807, 2.05) is 6.92 Å². The monoisotopic (exact) mass is 1450 g/mol. The van der Waals surface area contributed by atoms with Crippen LogP contribution in [0.2, 0.25) is 0 Å². The molecule has 0 radical (unpaired) electrons. The van der Waals surface area contributed by atoms with Gasteiger partial charge in [0.15, 0.2) is 18.9 Å². The van der Waals surface area contributed by atoms with Gasteiger partial charge in [0.25, 0.3) is 0 Å². The zero-order valence-electron chi connectivity index (χ0n) is 58.7. The van der Waals surface area contributed by atoms with E-state index in [9.17, 15) is 84.2 Å². The van der Waals surface area contributed by atoms with Crippen LogP contribution in [0.15, 0.2) is 0 Å². The van der Waals surface area contributed by atoms with Gasteiger partial charge in [0.05, 0.1) is 90.0 Å². The number of unbranched alkanes of at least 4 members (excludes halogenated alkanes) is 9. The Labute approximate surface area is 581 Å². The molecule has 6 amide bonds. The van der Waals surface area contributed by atoms with Crippen molar-refractivity contribution in [2.24, 2.45) is 17.8 Å². The van der Waals surface area contributed by atoms with Crippen LogP contribution in [-0.4, -0.2) is 300 Å². The molecule has 4 saturated heterocycles. The van der Waals surface area contributed by atoms with Crippen LogP contribution in [0.1, 0.15) is 151 Å². The summed E-state index contributed by atoms with van der Waals surface area (Å²) < 4.78 is 70.7. The molecule has 0 saturated carbocycles. The molecule has 4 heterocycles. The standard InChI is InChI=1S/C65H119N6O27P/c1-41(2)99(87,88)95-37-46-31-42(3)33-71(46)54(80)32-53(79)70-65(38-89-28-19-50(76)66-22-13-7-10-16-25-92-62-43(4)56(81)58(83)47(34-72)96-62,39-90-29-20-51(77)67-23-14-8-11-17-26-93-63-44(5)57(82)59(84)48(35-73)97-63)40-91-30-21-52(78)68-24-15-9-12-18-27-94-64-55(69-45(6)75)61(86)60(85)49(36-74)98-64/h41-44,46-49,55-64,72-74,81-86H,7-40H2,1-6H3,(H,66,76)(H,67,77)(H,68,78)(H,69,75)(H,70,79)(H,87,88)/t42-,43?,44?,46+,47?,48?,49?,55?,56-,57-,58+,59+,60+,61-,62-,63-,64-,65?/m1/s1. The van der Waals surface area contributed by atoms with Crippen LogP contribution in [-0.2, 0) is 80.5 Å². The van der Waals surface area contributed by atoms with E-state index in [2.05, 4.69) is 26.6 Å². The Kier molecular flexibility index (Phi) is 41.5. The first-order valence-corrected chi connectivity index (χ1v) is 36.9. The first kappa shape index (κ1) is 87.7. The maximum absolute atomic E-state index is 14.2. The van der Waals surface area contributed by atoms with E-state index in [0.29, 0.717) is 90.6 Å². The average molecular weight is 1450 g/mol. The predicted octanol–water partition coefficient (Wildman–Crippen LogP) is -1.53. The summed E-state index contributed by atoms with van der Waals surface area (Å²) in [5, 5.41) is 104. The molecule has 99 heavy (non-hydrogen) atoms. The third-order valence-electron chi connectivity index (χ3n) is 18.0. The second-order valence-corrected chi connectivity index (χ2v) is 29.3. The number of nitrogens with one attached hydrogen (secondary N) is 5. The lowest BCUT2D eigenvalue weighted by molar-refractivity contribution is -0.282. The van der Waals surface area contributed by atoms with Gasteiger partial charge in [0, 0.05) is 84.0 Å². The van der Waals surface area contributed by atoms with E-state index >= 15 is 0 Å². The van der Waals surface area contributed by atoms with Crippen molar-refractivity contribution in [1.29, 1.82) is 0 Å². The number of ether oxygens (including phenoxy) is 9. The second kappa shape index (κ2) is 46.9. The number of rotatable bonds is 50. The Bertz CT molecular complexity index is 2320. The van der Waals surface area contributed by atoms with Crippen molar-refractivity contribution in [3.8, 4) is 0 Å². The number of carbonyl (C=O) groups is 6. The van der Waals surface area contributed by atoms with Crippen LogP contribution in [0.5, 0.6) is 0 Å². The Morgan fingerprint density at radius 3 is 1.31 bits per heavy atom. The van der Waals surface area contributed by atoms with Gasteiger partial charge in [-0.15, -0.1) is 0 Å². The van der Waals surface area contributed by atoms with Crippen molar-refractivity contribution >= 4 is 43.0 Å². The molecule has 4 aliphatic rings. The fourth-order valence-corrected chi connectivity index (χ4v) is 12.5. The lowest BCUT2D eigenvalue weighted by Crippen LogP contribution is -2.64. The fourth-order valence-electron chi connectivity index (χ4n) is 11.8. The average Bonchev–Trinajstić information content (AvgIpc) is 1.24. The Hall–Kier alpha value is -3.75. The molecule has 18 atom stereocenters. The maximum Gasteiger partial charge on any atom is 0.330 e. The zero-order chi connectivity index (χ0) is 73.1. The number of nitrogens with zero attached hydrogens (tertiary/aromatic N) is 1. The van der Waals surface area contributed by atoms with Gasteiger partial charge >= 0.3 is 7.60 Å². The molecule has 0 spiro atoms. The Balaban J connectivity index is 1.34. The molecule has 4 aliphatic heterocycles. The molecule has 0 aromatic heterocycles. The van der Waals surface area contributed by atoms with Crippen LogP contribution < -0.4 is 26.6 Å². The summed E-state index contributed by atoms with van der Waals surface area (Å²) in [5.74, 6) is -3.80. The first-order chi connectivity index (χ1) is 47.2. The molecule has 0 bridgehead atoms. The molecule has 0 aromatic carbocycles. The molecule has 15 N–H and O–H groups in total. The third-order valence-corrected chi connectivity index (χ3v) is 19.8. The maximum atomic E-state index is 14.2. The quantitative estimate of drug-likeness (QED) is 0.0187. The minimum absolute atomic E-state index is 0.0117. The molecule has 0 aromatic rings. The van der Waals surface area contributed by atoms with Crippen molar-refractivity contribution in [3.05, 3.63) is 0 Å². The summed E-state index contributed by atoms with van der Waals surface area (Å²) in [7, 11) is -3.99. The van der Waals surface area contributed by atoms with Crippen LogP contribution in [0.25, 0.3) is 0 Å². The summed E-state index contributed by atoms with van der Waals surface area (Å²) in [5.41, 5.74) is -2.26. The number of amides is 6. The summed E-state index contributed by atoms with van der Waals surface area (Å²) >= 11 is 0. The summed E-state index contributed by atoms with van der Waals surface area (Å²) in [4.78, 5) is 91.1. The molecule has 4 fully saturated rings. The van der Waals surface area contributed by atoms with E-state index in [0.717, 1.165) is 25.7 Å². The SMILES string of the molecule is CC(=O)NC1[C@H](OCCCCCCNC(=O)CCOCC(COCCC(=O)NCCCCCCO[C@@H]2OC(CO)[C@H](O)[C@H](O)C2C)(COCCC(=O)NCCCCCCO[C@@H]2OC(CO)[C@H](O)[C@H](O)C2C)NC(=O)CC(=O)N2C[C@H](C)C[C@H]2COP(=O)(O)C(C)C)OC(CO)[C@H](O)[C@@H]1O. The highest BCUT2D eigenvalue weighted by molar-refractivity contribution is 7.53. The molecule has 4 rings (SSSR count). The summed E-state index contributed by atoms with van der Waals surface area (Å²) in [6.45, 7) is 8.67. The normalized spacial score (nSPS) is 29.2. The van der Waals surface area contributed by atoms with Crippen molar-refractivity contribution in [3.63, 3.8) is 0 Å². The number of hydrogen-bond acceptors (Lipinski definition) is 26. The van der Waals surface area contributed by atoms with Crippen molar-refractivity contribution < 1.29 is 131 Å². The molecule has 576 valence electrons. The number of hydrogen-bond donors (Lipinski definition) is 15. The number of likely N-dealkylation sites (tertiary alicyclic amines) is 1. The lowest BCUT2D eigenvalue weighted by atomic mass is 9.92. The van der Waals surface area contributed by atoms with Gasteiger partial charge in [-0.1, -0.05) is 73.1 Å². The summed E-state index contributed by atoms with van der Waals surface area (Å²) in [6, 6.07) is -1.65. The van der Waals surface area contributed by atoms with Gasteiger partial charge in [0.1, 0.15) is 60.7 Å². The summed E-state index contributed by atoms with van der Waals surface area (Å²) in [6.07, 6.45) is -5.57. The molecule has 33 nitrogen and oxygen atoms in total. The van der Waals surface area contributed by atoms with E-state index < -0.39 is 160 Å². The topological polar surface area (TPSA) is 477 Å². The predicted molar refractivity (Wildman–Crippen MR) is 353 cm³/mol. The van der Waals surface area contributed by atoms with Gasteiger partial charge < -0.3 is 129 Å². The second-order valence-electron chi connectivity index (χ2n) is 26.9. The first-order valence-electron chi connectivity index (χ1n) is 35.3. The molecular formula is C65H119N6O27P. The Morgan fingerprint density at radius 1 is 0.535 bits per heavy atom. The number of carbonyl (C=O) groups excluding carboxylic acids is 6. The molecule has 34 heteroatoms. The van der Waals surface area contributed by atoms with E-state index in [4.69, 9.17) is 47.2 Å². The number of aliphatic hydroxyl groups excluding tert-OH is 9. The van der Waals surface area contributed by atoms with E-state index in [-0.39, 0.29) is 102 Å². The van der Waals surface area contributed by atoms with Gasteiger partial charge in [-0.25, -0.2) is 0 Å². The fraction of sp³-hybridized carbons (Fsp3) is 0.908. The highest BCUT2D eigenvalue weighted by Crippen LogP contribution is 2.47. The van der Waals surface area contributed by atoms with E-state index in [1.54, 1.807) is 27.7 Å². The van der Waals surface area contributed by atoms with Crippen molar-refractivity contribution in [2.75, 3.05) is 112 Å². The highest BCUT2D eigenvalue weighted by atomic mass is 31.2. The molecular weight excluding hydrogens is 1330 g/mol. The van der Waals surface area contributed by atoms with Gasteiger partial charge in [0.2, 0.25) is 35.4 Å².